The Morgan fingerprint density at radius 2 is 1.78 bits per heavy atom. The average molecular weight is 539 g/mol. The maximum absolute atomic E-state index is 13.8. The highest BCUT2D eigenvalue weighted by atomic mass is 35.5. The summed E-state index contributed by atoms with van der Waals surface area (Å²) in [5.74, 6) is 0.837. The van der Waals surface area contributed by atoms with Crippen molar-refractivity contribution in [1.82, 2.24) is 19.4 Å². The number of fused-ring (bicyclic) bond motifs is 1. The van der Waals surface area contributed by atoms with Gasteiger partial charge in [-0.2, -0.15) is 13.2 Å². The number of nitrogens with zero attached hydrogens (tertiary/aromatic N) is 4. The van der Waals surface area contributed by atoms with Crippen molar-refractivity contribution in [2.45, 2.75) is 51.0 Å². The summed E-state index contributed by atoms with van der Waals surface area (Å²) >= 11 is 7.80. The van der Waals surface area contributed by atoms with Gasteiger partial charge in [0.2, 0.25) is 0 Å². The number of alkyl halides is 3. The van der Waals surface area contributed by atoms with E-state index < -0.39 is 17.3 Å². The third kappa shape index (κ3) is 6.07. The van der Waals surface area contributed by atoms with Crippen LogP contribution in [0.1, 0.15) is 37.5 Å². The third-order valence-corrected chi connectivity index (χ3v) is 7.76. The second-order valence-corrected chi connectivity index (χ2v) is 11.0. The molecular formula is C26H30ClF3N4OS. The summed E-state index contributed by atoms with van der Waals surface area (Å²) in [4.78, 5) is 23.4. The van der Waals surface area contributed by atoms with Gasteiger partial charge in [0.1, 0.15) is 0 Å². The van der Waals surface area contributed by atoms with Gasteiger partial charge in [0.25, 0.3) is 5.56 Å². The number of thioether (sulfide) groups is 1. The zero-order valence-electron chi connectivity index (χ0n) is 20.6. The van der Waals surface area contributed by atoms with Crippen LogP contribution in [-0.4, -0.2) is 57.3 Å². The fourth-order valence-corrected chi connectivity index (χ4v) is 5.55. The third-order valence-electron chi connectivity index (χ3n) is 6.53. The van der Waals surface area contributed by atoms with Crippen LogP contribution in [0.5, 0.6) is 0 Å². The number of hydrogen-bond donors (Lipinski definition) is 0. The predicted octanol–water partition coefficient (Wildman–Crippen LogP) is 5.76. The van der Waals surface area contributed by atoms with Crippen molar-refractivity contribution in [3.63, 3.8) is 0 Å². The zero-order valence-corrected chi connectivity index (χ0v) is 22.2. The van der Waals surface area contributed by atoms with E-state index >= 15 is 0 Å². The number of hydrogen-bond acceptors (Lipinski definition) is 5. The van der Waals surface area contributed by atoms with Gasteiger partial charge >= 0.3 is 6.18 Å². The molecule has 0 unspecified atom stereocenters. The van der Waals surface area contributed by atoms with Gasteiger partial charge in [-0.1, -0.05) is 18.5 Å². The molecular weight excluding hydrogens is 509 g/mol. The van der Waals surface area contributed by atoms with Crippen molar-refractivity contribution in [3.05, 3.63) is 68.7 Å². The van der Waals surface area contributed by atoms with Gasteiger partial charge in [-0.25, -0.2) is 4.98 Å². The van der Waals surface area contributed by atoms with Crippen molar-refractivity contribution in [2.75, 3.05) is 31.9 Å². The Hall–Kier alpha value is -2.07. The van der Waals surface area contributed by atoms with Crippen molar-refractivity contribution in [1.29, 1.82) is 0 Å². The van der Waals surface area contributed by atoms with Crippen LogP contribution in [0.25, 0.3) is 10.9 Å². The van der Waals surface area contributed by atoms with Gasteiger partial charge in [0.05, 0.1) is 29.3 Å². The minimum absolute atomic E-state index is 0.0186. The molecule has 4 rings (SSSR count). The summed E-state index contributed by atoms with van der Waals surface area (Å²) in [6.45, 7) is 9.99. The Kier molecular flexibility index (Phi) is 8.34. The molecule has 0 atom stereocenters. The lowest BCUT2D eigenvalue weighted by molar-refractivity contribution is -0.137. The predicted molar refractivity (Wildman–Crippen MR) is 140 cm³/mol. The first-order valence-corrected chi connectivity index (χ1v) is 13.4. The SMILES string of the molecule is CCSc1ccc(Cl)cc1Cn1cnc2c(CN3CCN(C(C)C)CC3)cc(C(F)(F)F)cc2c1=O. The minimum atomic E-state index is -4.57. The molecule has 1 aliphatic heterocycles. The smallest absolute Gasteiger partial charge is 0.298 e. The molecule has 1 saturated heterocycles. The summed E-state index contributed by atoms with van der Waals surface area (Å²) in [5.41, 5.74) is 0.251. The highest BCUT2D eigenvalue weighted by Gasteiger charge is 2.32. The van der Waals surface area contributed by atoms with Crippen LogP contribution in [0, 0.1) is 0 Å². The summed E-state index contributed by atoms with van der Waals surface area (Å²) in [5, 5.41) is 0.515. The maximum Gasteiger partial charge on any atom is 0.416 e. The molecule has 1 aromatic heterocycles. The minimum Gasteiger partial charge on any atom is -0.298 e. The molecule has 0 bridgehead atoms. The molecule has 1 aliphatic rings. The lowest BCUT2D eigenvalue weighted by Crippen LogP contribution is -2.48. The molecule has 36 heavy (non-hydrogen) atoms. The molecule has 0 saturated carbocycles. The van der Waals surface area contributed by atoms with Crippen molar-refractivity contribution >= 4 is 34.3 Å². The molecule has 0 aliphatic carbocycles. The van der Waals surface area contributed by atoms with E-state index in [1.807, 2.05) is 13.0 Å². The van der Waals surface area contributed by atoms with Gasteiger partial charge in [0.15, 0.2) is 0 Å². The van der Waals surface area contributed by atoms with Crippen LogP contribution >= 0.6 is 23.4 Å². The normalized spacial score (nSPS) is 15.8. The van der Waals surface area contributed by atoms with Gasteiger partial charge in [-0.3, -0.25) is 19.2 Å². The molecule has 0 N–H and O–H groups in total. The molecule has 10 heteroatoms. The number of rotatable bonds is 7. The van der Waals surface area contributed by atoms with Crippen LogP contribution in [0.15, 0.2) is 46.3 Å². The van der Waals surface area contributed by atoms with E-state index in [1.54, 1.807) is 23.9 Å². The first-order valence-electron chi connectivity index (χ1n) is 12.0. The van der Waals surface area contributed by atoms with E-state index in [1.165, 1.54) is 10.9 Å². The second-order valence-electron chi connectivity index (χ2n) is 9.30. The van der Waals surface area contributed by atoms with Gasteiger partial charge < -0.3 is 0 Å². The lowest BCUT2D eigenvalue weighted by atomic mass is 10.0. The zero-order chi connectivity index (χ0) is 26.0. The fourth-order valence-electron chi connectivity index (χ4n) is 4.57. The molecule has 194 valence electrons. The summed E-state index contributed by atoms with van der Waals surface area (Å²) in [6, 6.07) is 7.96. The molecule has 2 heterocycles. The number of halogens is 4. The van der Waals surface area contributed by atoms with E-state index in [-0.39, 0.29) is 11.9 Å². The average Bonchev–Trinajstić information content (AvgIpc) is 2.82. The quantitative estimate of drug-likeness (QED) is 0.358. The van der Waals surface area contributed by atoms with Crippen molar-refractivity contribution in [2.24, 2.45) is 0 Å². The summed E-state index contributed by atoms with van der Waals surface area (Å²) in [7, 11) is 0. The molecule has 1 fully saturated rings. The molecule has 0 amide bonds. The van der Waals surface area contributed by atoms with Crippen LogP contribution in [-0.2, 0) is 19.3 Å². The van der Waals surface area contributed by atoms with E-state index in [9.17, 15) is 18.0 Å². The van der Waals surface area contributed by atoms with E-state index in [2.05, 4.69) is 28.6 Å². The molecule has 5 nitrogen and oxygen atoms in total. The largest absolute Gasteiger partial charge is 0.416 e. The molecule has 3 aromatic rings. The highest BCUT2D eigenvalue weighted by Crippen LogP contribution is 2.33. The Morgan fingerprint density at radius 3 is 2.42 bits per heavy atom. The highest BCUT2D eigenvalue weighted by molar-refractivity contribution is 7.99. The van der Waals surface area contributed by atoms with E-state index in [0.717, 1.165) is 54.5 Å². The Labute approximate surface area is 218 Å². The standard InChI is InChI=1S/C26H30ClF3N4OS/c1-4-36-23-6-5-21(27)12-18(23)15-34-16-31-24-19(14-32-7-9-33(10-8-32)17(2)3)11-20(26(28,29)30)13-22(24)25(34)35/h5-6,11-13,16-17H,4,7-10,14-15H2,1-3H3. The summed E-state index contributed by atoms with van der Waals surface area (Å²) < 4.78 is 42.8. The molecule has 2 aromatic carbocycles. The lowest BCUT2D eigenvalue weighted by Gasteiger charge is -2.37. The summed E-state index contributed by atoms with van der Waals surface area (Å²) in [6.07, 6.45) is -3.14. The maximum atomic E-state index is 13.8. The van der Waals surface area contributed by atoms with Crippen LogP contribution in [0.3, 0.4) is 0 Å². The molecule has 0 radical (unpaired) electrons. The fraction of sp³-hybridized carbons (Fsp3) is 0.462. The van der Waals surface area contributed by atoms with Gasteiger partial charge in [0, 0.05) is 48.7 Å². The van der Waals surface area contributed by atoms with E-state index in [4.69, 9.17) is 11.6 Å². The number of benzene rings is 2. The van der Waals surface area contributed by atoms with Gasteiger partial charge in [-0.05, 0) is 61.1 Å². The van der Waals surface area contributed by atoms with Gasteiger partial charge in [-0.15, -0.1) is 11.8 Å². The monoisotopic (exact) mass is 538 g/mol. The van der Waals surface area contributed by atoms with Crippen LogP contribution < -0.4 is 5.56 Å². The second kappa shape index (κ2) is 11.1. The topological polar surface area (TPSA) is 41.4 Å². The Bertz CT molecular complexity index is 1290. The number of aromatic nitrogens is 2. The van der Waals surface area contributed by atoms with Crippen LogP contribution in [0.2, 0.25) is 5.02 Å². The number of piperazine rings is 1. The van der Waals surface area contributed by atoms with Crippen molar-refractivity contribution < 1.29 is 13.2 Å². The van der Waals surface area contributed by atoms with Crippen LogP contribution in [0.4, 0.5) is 13.2 Å². The van der Waals surface area contributed by atoms with E-state index in [0.29, 0.717) is 28.7 Å². The Morgan fingerprint density at radius 1 is 1.06 bits per heavy atom. The Balaban J connectivity index is 1.72. The molecule has 0 spiro atoms. The first kappa shape index (κ1) is 27.0. The first-order chi connectivity index (χ1) is 17.1. The van der Waals surface area contributed by atoms with Crippen molar-refractivity contribution in [3.8, 4) is 0 Å².